The Kier molecular flexibility index (Phi) is 5.20. The van der Waals surface area contributed by atoms with Gasteiger partial charge in [0.1, 0.15) is 12.0 Å². The van der Waals surface area contributed by atoms with E-state index in [1.807, 2.05) is 42.5 Å². The number of rotatable bonds is 7. The number of para-hydroxylation sites is 1. The highest BCUT2D eigenvalue weighted by molar-refractivity contribution is 5.78. The van der Waals surface area contributed by atoms with Crippen molar-refractivity contribution in [2.75, 3.05) is 11.9 Å². The summed E-state index contributed by atoms with van der Waals surface area (Å²) in [6.45, 7) is 3.78. The molecule has 2 aromatic heterocycles. The van der Waals surface area contributed by atoms with E-state index in [1.54, 1.807) is 42.8 Å². The minimum atomic E-state index is -0.902. The lowest BCUT2D eigenvalue weighted by atomic mass is 10.1. The smallest absolute Gasteiger partial charge is 0.239 e. The third-order valence-electron chi connectivity index (χ3n) is 4.46. The van der Waals surface area contributed by atoms with Crippen molar-refractivity contribution >= 4 is 17.6 Å². The minimum Gasteiger partial charge on any atom is -0.438 e. The van der Waals surface area contributed by atoms with E-state index in [-0.39, 0.29) is 0 Å². The van der Waals surface area contributed by atoms with Gasteiger partial charge in [-0.1, -0.05) is 42.5 Å². The van der Waals surface area contributed by atoms with E-state index in [2.05, 4.69) is 15.4 Å². The lowest BCUT2D eigenvalue weighted by Gasteiger charge is -2.19. The van der Waals surface area contributed by atoms with Crippen molar-refractivity contribution in [3.8, 4) is 22.9 Å². The number of nitrogens with one attached hydrogen (secondary N) is 1. The first-order valence-electron chi connectivity index (χ1n) is 9.56. The fraction of sp³-hybridized carbons (Fsp3) is 0.174. The average Bonchev–Trinajstić information content (AvgIpc) is 3.16. The molecule has 0 bridgehead atoms. The van der Waals surface area contributed by atoms with E-state index in [0.29, 0.717) is 35.1 Å². The molecule has 7 nitrogen and oxygen atoms in total. The van der Waals surface area contributed by atoms with Gasteiger partial charge in [0.25, 0.3) is 0 Å². The Morgan fingerprint density at radius 2 is 1.87 bits per heavy atom. The van der Waals surface area contributed by atoms with Gasteiger partial charge in [-0.05, 0) is 26.0 Å². The standard InChI is InChI=1S/C23H22N4O3/c1-23(2,29)15-25-19-12-21(30-18-6-4-3-5-7-18)26-27-20(13-24-22(19)27)17-10-8-16(14-28)9-11-17/h3-14,25,29H,15H2,1-2H3. The van der Waals surface area contributed by atoms with Gasteiger partial charge in [0, 0.05) is 23.7 Å². The van der Waals surface area contributed by atoms with Gasteiger partial charge in [0.05, 0.1) is 23.2 Å². The molecule has 30 heavy (non-hydrogen) atoms. The monoisotopic (exact) mass is 402 g/mol. The minimum absolute atomic E-state index is 0.327. The summed E-state index contributed by atoms with van der Waals surface area (Å²) in [5, 5.41) is 18.0. The van der Waals surface area contributed by atoms with E-state index in [4.69, 9.17) is 4.74 Å². The molecule has 0 amide bonds. The van der Waals surface area contributed by atoms with Crippen LogP contribution < -0.4 is 10.1 Å². The number of nitrogens with zero attached hydrogens (tertiary/aromatic N) is 3. The molecular weight excluding hydrogens is 380 g/mol. The van der Waals surface area contributed by atoms with Gasteiger partial charge in [-0.3, -0.25) is 4.79 Å². The topological polar surface area (TPSA) is 88.7 Å². The lowest BCUT2D eigenvalue weighted by molar-refractivity contribution is 0.0945. The van der Waals surface area contributed by atoms with Crippen LogP contribution in [-0.4, -0.2) is 38.1 Å². The quantitative estimate of drug-likeness (QED) is 0.451. The first-order chi connectivity index (χ1) is 14.4. The maximum atomic E-state index is 11.0. The molecule has 0 saturated heterocycles. The maximum Gasteiger partial charge on any atom is 0.239 e. The summed E-state index contributed by atoms with van der Waals surface area (Å²) < 4.78 is 7.64. The fourth-order valence-electron chi connectivity index (χ4n) is 2.98. The number of carbonyl (C=O) groups is 1. The second-order valence-electron chi connectivity index (χ2n) is 7.60. The number of carbonyl (C=O) groups excluding carboxylic acids is 1. The molecule has 0 atom stereocenters. The lowest BCUT2D eigenvalue weighted by Crippen LogP contribution is -2.29. The molecule has 4 aromatic rings. The number of aromatic nitrogens is 3. The van der Waals surface area contributed by atoms with Crippen LogP contribution in [0, 0.1) is 0 Å². The van der Waals surface area contributed by atoms with Gasteiger partial charge < -0.3 is 15.2 Å². The summed E-state index contributed by atoms with van der Waals surface area (Å²) in [6.07, 6.45) is 2.53. The van der Waals surface area contributed by atoms with Gasteiger partial charge in [-0.2, -0.15) is 0 Å². The normalized spacial score (nSPS) is 11.4. The molecule has 4 rings (SSSR count). The molecule has 0 aliphatic heterocycles. The Morgan fingerprint density at radius 3 is 2.53 bits per heavy atom. The predicted molar refractivity (Wildman–Crippen MR) is 115 cm³/mol. The van der Waals surface area contributed by atoms with E-state index < -0.39 is 5.60 Å². The van der Waals surface area contributed by atoms with E-state index in [9.17, 15) is 9.90 Å². The number of ether oxygens (including phenoxy) is 1. The first-order valence-corrected chi connectivity index (χ1v) is 9.56. The second-order valence-corrected chi connectivity index (χ2v) is 7.60. The van der Waals surface area contributed by atoms with Crippen molar-refractivity contribution in [1.29, 1.82) is 0 Å². The Balaban J connectivity index is 1.79. The molecule has 2 heterocycles. The predicted octanol–water partition coefficient (Wildman–Crippen LogP) is 4.18. The molecule has 152 valence electrons. The molecule has 2 aromatic carbocycles. The van der Waals surface area contributed by atoms with Gasteiger partial charge in [-0.25, -0.2) is 9.50 Å². The number of aldehydes is 1. The summed E-state index contributed by atoms with van der Waals surface area (Å²) in [7, 11) is 0. The van der Waals surface area contributed by atoms with Crippen molar-refractivity contribution < 1.29 is 14.6 Å². The largest absolute Gasteiger partial charge is 0.438 e. The average molecular weight is 402 g/mol. The molecule has 7 heteroatoms. The Morgan fingerprint density at radius 1 is 1.13 bits per heavy atom. The molecule has 0 spiro atoms. The Hall–Kier alpha value is -3.71. The number of fused-ring (bicyclic) bond motifs is 1. The van der Waals surface area contributed by atoms with Crippen LogP contribution in [-0.2, 0) is 0 Å². The number of imidazole rings is 1. The van der Waals surface area contributed by atoms with Crippen LogP contribution in [0.2, 0.25) is 0 Å². The van der Waals surface area contributed by atoms with Crippen LogP contribution >= 0.6 is 0 Å². The van der Waals surface area contributed by atoms with Crippen LogP contribution in [0.15, 0.2) is 66.9 Å². The summed E-state index contributed by atoms with van der Waals surface area (Å²) in [6, 6.07) is 18.4. The van der Waals surface area contributed by atoms with Crippen molar-refractivity contribution in [3.05, 3.63) is 72.4 Å². The Bertz CT molecular complexity index is 1160. The molecule has 0 aliphatic rings. The molecular formula is C23H22N4O3. The van der Waals surface area contributed by atoms with Gasteiger partial charge in [0.2, 0.25) is 5.88 Å². The summed E-state index contributed by atoms with van der Waals surface area (Å²) in [5.41, 5.74) is 2.61. The highest BCUT2D eigenvalue weighted by Gasteiger charge is 2.17. The molecule has 0 fully saturated rings. The van der Waals surface area contributed by atoms with Crippen LogP contribution in [0.1, 0.15) is 24.2 Å². The van der Waals surface area contributed by atoms with Crippen LogP contribution in [0.3, 0.4) is 0 Å². The van der Waals surface area contributed by atoms with Crippen molar-refractivity contribution in [1.82, 2.24) is 14.6 Å². The zero-order chi connectivity index (χ0) is 21.1. The molecule has 0 unspecified atom stereocenters. The molecule has 2 N–H and O–H groups in total. The number of hydrogen-bond donors (Lipinski definition) is 2. The zero-order valence-electron chi connectivity index (χ0n) is 16.7. The zero-order valence-corrected chi connectivity index (χ0v) is 16.7. The number of hydrogen-bond acceptors (Lipinski definition) is 6. The van der Waals surface area contributed by atoms with Crippen LogP contribution in [0.25, 0.3) is 16.9 Å². The number of aliphatic hydroxyl groups is 1. The van der Waals surface area contributed by atoms with Crippen LogP contribution in [0.5, 0.6) is 11.6 Å². The first kappa shape index (κ1) is 19.6. The summed E-state index contributed by atoms with van der Waals surface area (Å²) >= 11 is 0. The highest BCUT2D eigenvalue weighted by Crippen LogP contribution is 2.29. The molecule has 0 saturated carbocycles. The maximum absolute atomic E-state index is 11.0. The van der Waals surface area contributed by atoms with E-state index in [0.717, 1.165) is 17.5 Å². The molecule has 0 aliphatic carbocycles. The third kappa shape index (κ3) is 4.31. The fourth-order valence-corrected chi connectivity index (χ4v) is 2.98. The summed E-state index contributed by atoms with van der Waals surface area (Å²) in [4.78, 5) is 15.5. The van der Waals surface area contributed by atoms with Gasteiger partial charge >= 0.3 is 0 Å². The van der Waals surface area contributed by atoms with Crippen molar-refractivity contribution in [3.63, 3.8) is 0 Å². The third-order valence-corrected chi connectivity index (χ3v) is 4.46. The second kappa shape index (κ2) is 7.96. The van der Waals surface area contributed by atoms with Crippen molar-refractivity contribution in [2.45, 2.75) is 19.4 Å². The highest BCUT2D eigenvalue weighted by atomic mass is 16.5. The summed E-state index contributed by atoms with van der Waals surface area (Å²) in [5.74, 6) is 1.05. The molecule has 0 radical (unpaired) electrons. The van der Waals surface area contributed by atoms with E-state index >= 15 is 0 Å². The van der Waals surface area contributed by atoms with Gasteiger partial charge in [-0.15, -0.1) is 5.10 Å². The SMILES string of the molecule is CC(C)(O)CNc1cc(Oc2ccccc2)nn2c(-c3ccc(C=O)cc3)cnc12. The Labute approximate surface area is 174 Å². The number of anilines is 1. The van der Waals surface area contributed by atoms with Crippen LogP contribution in [0.4, 0.5) is 5.69 Å². The number of benzene rings is 2. The van der Waals surface area contributed by atoms with Crippen molar-refractivity contribution in [2.24, 2.45) is 0 Å². The van der Waals surface area contributed by atoms with Gasteiger partial charge in [0.15, 0.2) is 5.65 Å². The van der Waals surface area contributed by atoms with E-state index in [1.165, 1.54) is 0 Å².